The molecule has 1 unspecified atom stereocenters. The number of rotatable bonds is 8. The second-order valence-electron chi connectivity index (χ2n) is 9.02. The molecule has 2 aliphatic rings. The zero-order valence-electron chi connectivity index (χ0n) is 19.4. The number of fused-ring (bicyclic) bond motifs is 1. The molecule has 1 atom stereocenters. The third-order valence-electron chi connectivity index (χ3n) is 6.80. The van der Waals surface area contributed by atoms with E-state index in [1.165, 1.54) is 30.5 Å². The summed E-state index contributed by atoms with van der Waals surface area (Å²) in [5.41, 5.74) is 3.57. The van der Waals surface area contributed by atoms with Crippen molar-refractivity contribution in [1.29, 1.82) is 0 Å². The van der Waals surface area contributed by atoms with E-state index in [1.54, 1.807) is 14.2 Å². The molecule has 0 saturated carbocycles. The molecule has 6 heteroatoms. The molecule has 1 saturated heterocycles. The zero-order chi connectivity index (χ0) is 22.3. The van der Waals surface area contributed by atoms with Crippen molar-refractivity contribution in [1.82, 2.24) is 14.8 Å². The number of ether oxygens (including phenoxy) is 2. The smallest absolute Gasteiger partial charge is 0.227 e. The van der Waals surface area contributed by atoms with Gasteiger partial charge in [0.1, 0.15) is 0 Å². The summed E-state index contributed by atoms with van der Waals surface area (Å²) in [6.45, 7) is 5.01. The number of aromatic nitrogens is 1. The van der Waals surface area contributed by atoms with E-state index < -0.39 is 0 Å². The first-order valence-corrected chi connectivity index (χ1v) is 11.8. The first-order chi connectivity index (χ1) is 15.7. The SMILES string of the molecule is COc1cc2c(cc1OC)CC(=O)N(CC1CCCN(CCCc3cccnc3)C1)CC2. The molecule has 1 aromatic heterocycles. The molecule has 4 rings (SSSR count). The van der Waals surface area contributed by atoms with E-state index in [0.717, 1.165) is 56.8 Å². The van der Waals surface area contributed by atoms with E-state index >= 15 is 0 Å². The Morgan fingerprint density at radius 1 is 1.12 bits per heavy atom. The van der Waals surface area contributed by atoms with Crippen LogP contribution in [-0.4, -0.2) is 67.6 Å². The average Bonchev–Trinajstić information content (AvgIpc) is 2.97. The van der Waals surface area contributed by atoms with Crippen LogP contribution in [0.1, 0.15) is 36.0 Å². The van der Waals surface area contributed by atoms with Crippen LogP contribution < -0.4 is 9.47 Å². The fourth-order valence-electron chi connectivity index (χ4n) is 5.08. The van der Waals surface area contributed by atoms with Crippen LogP contribution in [0.15, 0.2) is 36.7 Å². The minimum absolute atomic E-state index is 0.227. The number of benzene rings is 1. The van der Waals surface area contributed by atoms with Gasteiger partial charge in [0.15, 0.2) is 11.5 Å². The van der Waals surface area contributed by atoms with Gasteiger partial charge in [-0.15, -0.1) is 0 Å². The maximum Gasteiger partial charge on any atom is 0.227 e. The maximum atomic E-state index is 13.0. The summed E-state index contributed by atoms with van der Waals surface area (Å²) in [7, 11) is 3.30. The van der Waals surface area contributed by atoms with Crippen LogP contribution in [0.3, 0.4) is 0 Å². The normalized spacial score (nSPS) is 19.4. The molecule has 2 aliphatic heterocycles. The minimum Gasteiger partial charge on any atom is -0.493 e. The fraction of sp³-hybridized carbons (Fsp3) is 0.538. The molecule has 3 heterocycles. The van der Waals surface area contributed by atoms with Crippen molar-refractivity contribution in [2.24, 2.45) is 5.92 Å². The number of aryl methyl sites for hydroxylation is 1. The Hall–Kier alpha value is -2.60. The Kier molecular flexibility index (Phi) is 7.63. The van der Waals surface area contributed by atoms with E-state index in [0.29, 0.717) is 18.1 Å². The molecule has 0 N–H and O–H groups in total. The number of carbonyl (C=O) groups is 1. The molecule has 0 aliphatic carbocycles. The van der Waals surface area contributed by atoms with Gasteiger partial charge in [-0.25, -0.2) is 0 Å². The zero-order valence-corrected chi connectivity index (χ0v) is 19.4. The first-order valence-electron chi connectivity index (χ1n) is 11.8. The third kappa shape index (κ3) is 5.60. The molecule has 0 spiro atoms. The summed E-state index contributed by atoms with van der Waals surface area (Å²) in [4.78, 5) is 21.9. The number of piperidine rings is 1. The minimum atomic E-state index is 0.227. The van der Waals surface area contributed by atoms with Gasteiger partial charge >= 0.3 is 0 Å². The standard InChI is InChI=1S/C26H35N3O3/c1-31-24-14-22-9-13-29(26(30)16-23(22)15-25(24)32-2)19-21-8-5-12-28(18-21)11-4-7-20-6-3-10-27-17-20/h3,6,10,14-15,17,21H,4-5,7-9,11-13,16,18-19H2,1-2H3. The Bertz CT molecular complexity index is 903. The summed E-state index contributed by atoms with van der Waals surface area (Å²) < 4.78 is 10.9. The van der Waals surface area contributed by atoms with E-state index in [2.05, 4.69) is 20.9 Å². The predicted molar refractivity (Wildman–Crippen MR) is 125 cm³/mol. The topological polar surface area (TPSA) is 54.9 Å². The largest absolute Gasteiger partial charge is 0.493 e. The van der Waals surface area contributed by atoms with Crippen molar-refractivity contribution in [2.45, 2.75) is 38.5 Å². The van der Waals surface area contributed by atoms with Gasteiger partial charge in [0, 0.05) is 32.0 Å². The number of pyridine rings is 1. The molecule has 32 heavy (non-hydrogen) atoms. The highest BCUT2D eigenvalue weighted by molar-refractivity contribution is 5.80. The van der Waals surface area contributed by atoms with Crippen molar-refractivity contribution >= 4 is 5.91 Å². The van der Waals surface area contributed by atoms with Gasteiger partial charge in [-0.05, 0) is 86.0 Å². The Labute approximate surface area is 191 Å². The predicted octanol–water partition coefficient (Wildman–Crippen LogP) is 3.37. The van der Waals surface area contributed by atoms with E-state index in [4.69, 9.17) is 9.47 Å². The maximum absolute atomic E-state index is 13.0. The number of carbonyl (C=O) groups excluding carboxylic acids is 1. The first kappa shape index (κ1) is 22.6. The van der Waals surface area contributed by atoms with E-state index in [-0.39, 0.29) is 5.91 Å². The molecule has 2 aromatic rings. The van der Waals surface area contributed by atoms with Crippen LogP contribution >= 0.6 is 0 Å². The summed E-state index contributed by atoms with van der Waals surface area (Å²) in [5.74, 6) is 2.21. The average molecular weight is 438 g/mol. The van der Waals surface area contributed by atoms with E-state index in [9.17, 15) is 4.79 Å². The van der Waals surface area contributed by atoms with Crippen LogP contribution in [0.2, 0.25) is 0 Å². The molecule has 0 radical (unpaired) electrons. The number of amides is 1. The van der Waals surface area contributed by atoms with Crippen LogP contribution in [0.5, 0.6) is 11.5 Å². The summed E-state index contributed by atoms with van der Waals surface area (Å²) in [5, 5.41) is 0. The lowest BCUT2D eigenvalue weighted by Crippen LogP contribution is -2.43. The Balaban J connectivity index is 1.31. The summed E-state index contributed by atoms with van der Waals surface area (Å²) in [6.07, 6.45) is 9.75. The van der Waals surface area contributed by atoms with Gasteiger partial charge in [0.25, 0.3) is 0 Å². The van der Waals surface area contributed by atoms with Crippen LogP contribution in [-0.2, 0) is 24.1 Å². The molecule has 1 amide bonds. The summed E-state index contributed by atoms with van der Waals surface area (Å²) >= 11 is 0. The second kappa shape index (κ2) is 10.8. The van der Waals surface area contributed by atoms with Crippen molar-refractivity contribution in [3.8, 4) is 11.5 Å². The van der Waals surface area contributed by atoms with E-state index in [1.807, 2.05) is 30.6 Å². The molecule has 0 bridgehead atoms. The number of likely N-dealkylation sites (tertiary alicyclic amines) is 1. The highest BCUT2D eigenvalue weighted by atomic mass is 16.5. The number of methoxy groups -OCH3 is 2. The van der Waals surface area contributed by atoms with Crippen molar-refractivity contribution in [3.63, 3.8) is 0 Å². The van der Waals surface area contributed by atoms with Gasteiger partial charge < -0.3 is 19.3 Å². The molecular formula is C26H35N3O3. The van der Waals surface area contributed by atoms with Gasteiger partial charge in [0.2, 0.25) is 5.91 Å². The molecule has 172 valence electrons. The Morgan fingerprint density at radius 3 is 2.69 bits per heavy atom. The Morgan fingerprint density at radius 2 is 1.94 bits per heavy atom. The van der Waals surface area contributed by atoms with Gasteiger partial charge in [-0.2, -0.15) is 0 Å². The lowest BCUT2D eigenvalue weighted by atomic mass is 9.96. The fourth-order valence-corrected chi connectivity index (χ4v) is 5.08. The highest BCUT2D eigenvalue weighted by Crippen LogP contribution is 2.32. The number of hydrogen-bond donors (Lipinski definition) is 0. The molecule has 1 aromatic carbocycles. The van der Waals surface area contributed by atoms with Crippen molar-refractivity contribution in [2.75, 3.05) is 46.9 Å². The van der Waals surface area contributed by atoms with Crippen molar-refractivity contribution < 1.29 is 14.3 Å². The molecular weight excluding hydrogens is 402 g/mol. The number of nitrogens with zero attached hydrogens (tertiary/aromatic N) is 3. The number of hydrogen-bond acceptors (Lipinski definition) is 5. The third-order valence-corrected chi connectivity index (χ3v) is 6.80. The van der Waals surface area contributed by atoms with Crippen LogP contribution in [0.25, 0.3) is 0 Å². The second-order valence-corrected chi connectivity index (χ2v) is 9.02. The van der Waals surface area contributed by atoms with Gasteiger partial charge in [-0.3, -0.25) is 9.78 Å². The van der Waals surface area contributed by atoms with Crippen LogP contribution in [0, 0.1) is 5.92 Å². The molecule has 1 fully saturated rings. The van der Waals surface area contributed by atoms with Gasteiger partial charge in [-0.1, -0.05) is 6.07 Å². The molecule has 6 nitrogen and oxygen atoms in total. The van der Waals surface area contributed by atoms with Gasteiger partial charge in [0.05, 0.1) is 20.6 Å². The highest BCUT2D eigenvalue weighted by Gasteiger charge is 2.27. The monoisotopic (exact) mass is 437 g/mol. The van der Waals surface area contributed by atoms with Crippen LogP contribution in [0.4, 0.5) is 0 Å². The lowest BCUT2D eigenvalue weighted by molar-refractivity contribution is -0.131. The quantitative estimate of drug-likeness (QED) is 0.634. The lowest BCUT2D eigenvalue weighted by Gasteiger charge is -2.35. The summed E-state index contributed by atoms with van der Waals surface area (Å²) in [6, 6.07) is 8.17. The van der Waals surface area contributed by atoms with Crippen molar-refractivity contribution in [3.05, 3.63) is 53.3 Å².